The van der Waals surface area contributed by atoms with Gasteiger partial charge in [0.2, 0.25) is 5.91 Å². The van der Waals surface area contributed by atoms with Gasteiger partial charge in [0, 0.05) is 44.9 Å². The molecular formula is C20H25N3O6. The lowest BCUT2D eigenvalue weighted by Gasteiger charge is -2.21. The van der Waals surface area contributed by atoms with E-state index in [1.165, 1.54) is 12.1 Å². The molecule has 29 heavy (non-hydrogen) atoms. The first-order chi connectivity index (χ1) is 14.0. The number of carbonyl (C=O) groups is 3. The molecule has 2 aliphatic heterocycles. The summed E-state index contributed by atoms with van der Waals surface area (Å²) in [6.45, 7) is 2.37. The molecule has 2 heterocycles. The molecule has 1 aromatic carbocycles. The van der Waals surface area contributed by atoms with Crippen molar-refractivity contribution in [1.82, 2.24) is 10.2 Å². The maximum atomic E-state index is 12.4. The highest BCUT2D eigenvalue weighted by molar-refractivity contribution is 6.21. The summed E-state index contributed by atoms with van der Waals surface area (Å²) in [6, 6.07) is 3.64. The molecule has 1 N–H and O–H groups in total. The topological polar surface area (TPSA) is 119 Å². The molecule has 3 rings (SSSR count). The number of fused-ring (bicyclic) bond motifs is 1. The quantitative estimate of drug-likeness (QED) is 0.292. The van der Waals surface area contributed by atoms with Crippen molar-refractivity contribution in [3.05, 3.63) is 39.4 Å². The minimum absolute atomic E-state index is 0.0433. The second kappa shape index (κ2) is 9.60. The molecule has 0 atom stereocenters. The van der Waals surface area contributed by atoms with Crippen LogP contribution in [0.3, 0.4) is 0 Å². The van der Waals surface area contributed by atoms with Crippen molar-refractivity contribution in [2.24, 2.45) is 5.92 Å². The standard InChI is InChI=1S/C20H25N3O6/c24-18(21-9-1-3-14-7-11-29-12-8-14)4-2-10-22-19(25)16-6-5-15(23(27)28)13-17(16)20(22)26/h5-6,13-14H,1-4,7-12H2,(H,21,24). The van der Waals surface area contributed by atoms with E-state index in [0.717, 1.165) is 49.9 Å². The zero-order valence-electron chi connectivity index (χ0n) is 16.2. The third-order valence-corrected chi connectivity index (χ3v) is 5.40. The molecular weight excluding hydrogens is 378 g/mol. The van der Waals surface area contributed by atoms with E-state index in [1.54, 1.807) is 0 Å². The summed E-state index contributed by atoms with van der Waals surface area (Å²) in [5, 5.41) is 13.7. The van der Waals surface area contributed by atoms with Gasteiger partial charge >= 0.3 is 0 Å². The fourth-order valence-electron chi connectivity index (χ4n) is 3.74. The van der Waals surface area contributed by atoms with Gasteiger partial charge in [0.15, 0.2) is 0 Å². The number of hydrogen-bond donors (Lipinski definition) is 1. The van der Waals surface area contributed by atoms with Crippen LogP contribution >= 0.6 is 0 Å². The van der Waals surface area contributed by atoms with Crippen molar-refractivity contribution in [3.8, 4) is 0 Å². The summed E-state index contributed by atoms with van der Waals surface area (Å²) in [4.78, 5) is 48.0. The number of hydrogen-bond acceptors (Lipinski definition) is 6. The Morgan fingerprint density at radius 1 is 1.17 bits per heavy atom. The minimum Gasteiger partial charge on any atom is -0.381 e. The van der Waals surface area contributed by atoms with Crippen molar-refractivity contribution in [2.75, 3.05) is 26.3 Å². The van der Waals surface area contributed by atoms with Crippen molar-refractivity contribution >= 4 is 23.4 Å². The van der Waals surface area contributed by atoms with E-state index in [-0.39, 0.29) is 35.7 Å². The van der Waals surface area contributed by atoms with Gasteiger partial charge in [-0.15, -0.1) is 0 Å². The first-order valence-corrected chi connectivity index (χ1v) is 9.96. The average molecular weight is 403 g/mol. The Kier molecular flexibility index (Phi) is 6.92. The molecule has 9 nitrogen and oxygen atoms in total. The van der Waals surface area contributed by atoms with E-state index >= 15 is 0 Å². The number of ether oxygens (including phenoxy) is 1. The summed E-state index contributed by atoms with van der Waals surface area (Å²) in [5.41, 5.74) is -0.0215. The van der Waals surface area contributed by atoms with Gasteiger partial charge in [0.25, 0.3) is 17.5 Å². The minimum atomic E-state index is -0.604. The summed E-state index contributed by atoms with van der Waals surface area (Å²) in [7, 11) is 0. The lowest BCUT2D eigenvalue weighted by atomic mass is 9.95. The number of imide groups is 1. The predicted octanol–water partition coefficient (Wildman–Crippen LogP) is 2.29. The Morgan fingerprint density at radius 2 is 1.90 bits per heavy atom. The van der Waals surface area contributed by atoms with Crippen molar-refractivity contribution in [3.63, 3.8) is 0 Å². The summed E-state index contributed by atoms with van der Waals surface area (Å²) in [5.74, 6) is -0.461. The van der Waals surface area contributed by atoms with Gasteiger partial charge in [-0.1, -0.05) is 0 Å². The van der Waals surface area contributed by atoms with Crippen LogP contribution in [0, 0.1) is 16.0 Å². The van der Waals surface area contributed by atoms with Crippen LogP contribution in [0.2, 0.25) is 0 Å². The number of nitro benzene ring substituents is 1. The molecule has 1 aromatic rings. The second-order valence-corrected chi connectivity index (χ2v) is 7.40. The van der Waals surface area contributed by atoms with Crippen LogP contribution in [0.4, 0.5) is 5.69 Å². The second-order valence-electron chi connectivity index (χ2n) is 7.40. The molecule has 0 unspecified atom stereocenters. The number of nitrogens with one attached hydrogen (secondary N) is 1. The number of non-ortho nitro benzene ring substituents is 1. The van der Waals surface area contributed by atoms with E-state index in [9.17, 15) is 24.5 Å². The zero-order chi connectivity index (χ0) is 20.8. The van der Waals surface area contributed by atoms with Gasteiger partial charge in [-0.05, 0) is 44.1 Å². The highest BCUT2D eigenvalue weighted by Gasteiger charge is 2.36. The third kappa shape index (κ3) is 5.17. The molecule has 0 aromatic heterocycles. The number of rotatable bonds is 9. The Balaban J connectivity index is 1.38. The fourth-order valence-corrected chi connectivity index (χ4v) is 3.74. The molecule has 1 fully saturated rings. The highest BCUT2D eigenvalue weighted by Crippen LogP contribution is 2.27. The van der Waals surface area contributed by atoms with E-state index in [4.69, 9.17) is 4.74 Å². The molecule has 0 aliphatic carbocycles. The summed E-state index contributed by atoms with van der Waals surface area (Å²) >= 11 is 0. The van der Waals surface area contributed by atoms with E-state index in [0.29, 0.717) is 18.9 Å². The van der Waals surface area contributed by atoms with Crippen LogP contribution in [-0.2, 0) is 9.53 Å². The fraction of sp³-hybridized carbons (Fsp3) is 0.550. The molecule has 0 saturated carbocycles. The monoisotopic (exact) mass is 403 g/mol. The van der Waals surface area contributed by atoms with Crippen molar-refractivity contribution in [1.29, 1.82) is 0 Å². The van der Waals surface area contributed by atoms with Crippen molar-refractivity contribution in [2.45, 2.75) is 38.5 Å². The first-order valence-electron chi connectivity index (χ1n) is 9.96. The Morgan fingerprint density at radius 3 is 2.62 bits per heavy atom. The van der Waals surface area contributed by atoms with Crippen LogP contribution in [-0.4, -0.2) is 53.8 Å². The van der Waals surface area contributed by atoms with E-state index in [2.05, 4.69) is 5.32 Å². The van der Waals surface area contributed by atoms with Crippen molar-refractivity contribution < 1.29 is 24.0 Å². The summed E-state index contributed by atoms with van der Waals surface area (Å²) in [6.07, 6.45) is 4.72. The smallest absolute Gasteiger partial charge is 0.270 e. The number of amides is 3. The van der Waals surface area contributed by atoms with Gasteiger partial charge in [-0.2, -0.15) is 0 Å². The lowest BCUT2D eigenvalue weighted by molar-refractivity contribution is -0.384. The number of nitrogens with zero attached hydrogens (tertiary/aromatic N) is 2. The summed E-state index contributed by atoms with van der Waals surface area (Å²) < 4.78 is 5.33. The van der Waals surface area contributed by atoms with Crippen LogP contribution in [0.5, 0.6) is 0 Å². The Bertz CT molecular complexity index is 803. The predicted molar refractivity (Wildman–Crippen MR) is 103 cm³/mol. The van der Waals surface area contributed by atoms with Crippen LogP contribution in [0.1, 0.15) is 59.2 Å². The maximum Gasteiger partial charge on any atom is 0.270 e. The first kappa shape index (κ1) is 20.9. The van der Waals surface area contributed by atoms with Crippen LogP contribution in [0.15, 0.2) is 18.2 Å². The number of benzene rings is 1. The zero-order valence-corrected chi connectivity index (χ0v) is 16.2. The Labute approximate surface area is 168 Å². The van der Waals surface area contributed by atoms with Gasteiger partial charge in [-0.3, -0.25) is 29.4 Å². The van der Waals surface area contributed by atoms with Gasteiger partial charge in [-0.25, -0.2) is 0 Å². The molecule has 1 saturated heterocycles. The van der Waals surface area contributed by atoms with Gasteiger partial charge in [0.1, 0.15) is 0 Å². The Hall–Kier alpha value is -2.81. The van der Waals surface area contributed by atoms with Crippen LogP contribution < -0.4 is 5.32 Å². The highest BCUT2D eigenvalue weighted by atomic mass is 16.6. The normalized spacial score (nSPS) is 16.8. The lowest BCUT2D eigenvalue weighted by Crippen LogP contribution is -2.32. The third-order valence-electron chi connectivity index (χ3n) is 5.40. The van der Waals surface area contributed by atoms with E-state index in [1.807, 2.05) is 0 Å². The average Bonchev–Trinajstić information content (AvgIpc) is 2.96. The molecule has 0 radical (unpaired) electrons. The van der Waals surface area contributed by atoms with Gasteiger partial charge < -0.3 is 10.1 Å². The van der Waals surface area contributed by atoms with Gasteiger partial charge in [0.05, 0.1) is 16.1 Å². The number of nitro groups is 1. The van der Waals surface area contributed by atoms with E-state index < -0.39 is 16.7 Å². The SMILES string of the molecule is O=C(CCCN1C(=O)c2ccc([N+](=O)[O-])cc2C1=O)NCCCC1CCOCC1. The molecule has 2 aliphatic rings. The molecule has 9 heteroatoms. The van der Waals surface area contributed by atoms with Crippen LogP contribution in [0.25, 0.3) is 0 Å². The molecule has 3 amide bonds. The maximum absolute atomic E-state index is 12.4. The molecule has 156 valence electrons. The number of carbonyl (C=O) groups excluding carboxylic acids is 3. The molecule has 0 spiro atoms. The molecule has 0 bridgehead atoms. The largest absolute Gasteiger partial charge is 0.381 e.